The third-order valence-electron chi connectivity index (χ3n) is 2.59. The summed E-state index contributed by atoms with van der Waals surface area (Å²) in [5.41, 5.74) is -0.104. The van der Waals surface area contributed by atoms with Crippen LogP contribution in [0.15, 0.2) is 47.4 Å². The van der Waals surface area contributed by atoms with Gasteiger partial charge in [-0.1, -0.05) is 23.7 Å². The van der Waals surface area contributed by atoms with Gasteiger partial charge < -0.3 is 10.6 Å². The van der Waals surface area contributed by atoms with Crippen LogP contribution in [0.2, 0.25) is 5.02 Å². The van der Waals surface area contributed by atoms with E-state index in [4.69, 9.17) is 16.2 Å². The maximum Gasteiger partial charge on any atom is 0.323 e. The van der Waals surface area contributed by atoms with Gasteiger partial charge in [-0.3, -0.25) is 4.55 Å². The van der Waals surface area contributed by atoms with Gasteiger partial charge in [0.1, 0.15) is 5.82 Å². The van der Waals surface area contributed by atoms with Crippen LogP contribution < -0.4 is 10.6 Å². The van der Waals surface area contributed by atoms with Gasteiger partial charge in [0.25, 0.3) is 10.1 Å². The van der Waals surface area contributed by atoms with Crippen molar-refractivity contribution in [3.63, 3.8) is 0 Å². The number of anilines is 2. The number of hydrogen-bond acceptors (Lipinski definition) is 3. The van der Waals surface area contributed by atoms with E-state index in [1.807, 2.05) is 0 Å². The number of hydrogen-bond donors (Lipinski definition) is 3. The number of amides is 2. The van der Waals surface area contributed by atoms with Crippen molar-refractivity contribution in [2.24, 2.45) is 0 Å². The largest absolute Gasteiger partial charge is 0.323 e. The summed E-state index contributed by atoms with van der Waals surface area (Å²) < 4.78 is 44.5. The molecule has 0 fully saturated rings. The van der Waals surface area contributed by atoms with E-state index in [1.54, 1.807) is 0 Å². The van der Waals surface area contributed by atoms with E-state index >= 15 is 0 Å². The van der Waals surface area contributed by atoms with Crippen LogP contribution in [0.1, 0.15) is 0 Å². The van der Waals surface area contributed by atoms with Gasteiger partial charge in [0.05, 0.1) is 15.6 Å². The third-order valence-corrected chi connectivity index (χ3v) is 3.76. The summed E-state index contributed by atoms with van der Waals surface area (Å²) in [6.07, 6.45) is 0. The molecule has 22 heavy (non-hydrogen) atoms. The Morgan fingerprint density at radius 2 is 1.82 bits per heavy atom. The minimum atomic E-state index is -4.39. The molecule has 0 bridgehead atoms. The van der Waals surface area contributed by atoms with Crippen molar-refractivity contribution < 1.29 is 22.2 Å². The van der Waals surface area contributed by atoms with Crippen LogP contribution in [-0.4, -0.2) is 19.0 Å². The van der Waals surface area contributed by atoms with Crippen LogP contribution in [0.4, 0.5) is 20.6 Å². The van der Waals surface area contributed by atoms with E-state index < -0.39 is 22.0 Å². The van der Waals surface area contributed by atoms with Gasteiger partial charge in [0, 0.05) is 5.69 Å². The molecular formula is C13H10ClFN2O4S. The first-order valence-electron chi connectivity index (χ1n) is 5.87. The molecule has 9 heteroatoms. The molecule has 0 unspecified atom stereocenters. The minimum Gasteiger partial charge on any atom is -0.308 e. The average Bonchev–Trinajstić information content (AvgIpc) is 2.42. The van der Waals surface area contributed by atoms with E-state index in [2.05, 4.69) is 10.6 Å². The Labute approximate surface area is 130 Å². The number of rotatable bonds is 3. The second-order valence-corrected chi connectivity index (χ2v) is 6.01. The first-order valence-corrected chi connectivity index (χ1v) is 7.69. The molecule has 0 aliphatic heterocycles. The lowest BCUT2D eigenvalue weighted by molar-refractivity contribution is 0.262. The van der Waals surface area contributed by atoms with Gasteiger partial charge in [-0.2, -0.15) is 8.42 Å². The number of urea groups is 1. The summed E-state index contributed by atoms with van der Waals surface area (Å²) in [4.78, 5) is 11.4. The lowest BCUT2D eigenvalue weighted by Gasteiger charge is -2.10. The molecule has 6 nitrogen and oxygen atoms in total. The molecule has 0 saturated carbocycles. The summed E-state index contributed by atoms with van der Waals surface area (Å²) in [7, 11) is -4.39. The molecule has 2 rings (SSSR count). The van der Waals surface area contributed by atoms with Crippen LogP contribution in [0.3, 0.4) is 0 Å². The van der Waals surface area contributed by atoms with E-state index in [-0.39, 0.29) is 21.3 Å². The van der Waals surface area contributed by atoms with Crippen LogP contribution in [0.25, 0.3) is 0 Å². The van der Waals surface area contributed by atoms with Crippen molar-refractivity contribution in [1.82, 2.24) is 0 Å². The van der Waals surface area contributed by atoms with Gasteiger partial charge in [0.2, 0.25) is 0 Å². The molecule has 0 saturated heterocycles. The van der Waals surface area contributed by atoms with E-state index in [9.17, 15) is 17.6 Å². The van der Waals surface area contributed by atoms with Crippen molar-refractivity contribution in [3.05, 3.63) is 53.3 Å². The molecule has 0 spiro atoms. The van der Waals surface area contributed by atoms with Crippen molar-refractivity contribution >= 4 is 39.1 Å². The fourth-order valence-electron chi connectivity index (χ4n) is 1.63. The molecule has 3 N–H and O–H groups in total. The van der Waals surface area contributed by atoms with Crippen LogP contribution in [-0.2, 0) is 10.1 Å². The normalized spacial score (nSPS) is 11.0. The topological polar surface area (TPSA) is 95.5 Å². The van der Waals surface area contributed by atoms with Gasteiger partial charge >= 0.3 is 6.03 Å². The van der Waals surface area contributed by atoms with Gasteiger partial charge in [-0.05, 0) is 30.3 Å². The molecule has 0 aromatic heterocycles. The van der Waals surface area contributed by atoms with E-state index in [0.29, 0.717) is 0 Å². The summed E-state index contributed by atoms with van der Waals surface area (Å²) in [5, 5.41) is 4.54. The summed E-state index contributed by atoms with van der Waals surface area (Å²) in [6, 6.07) is 8.03. The Balaban J connectivity index is 2.16. The number of carbonyl (C=O) groups excluding carboxylic acids is 1. The quantitative estimate of drug-likeness (QED) is 0.744. The van der Waals surface area contributed by atoms with Crippen LogP contribution in [0.5, 0.6) is 0 Å². The molecule has 2 aromatic rings. The highest BCUT2D eigenvalue weighted by Crippen LogP contribution is 2.25. The summed E-state index contributed by atoms with van der Waals surface area (Å²) in [5.74, 6) is -0.714. The lowest BCUT2D eigenvalue weighted by atomic mass is 10.3. The van der Waals surface area contributed by atoms with Gasteiger partial charge in [-0.25, -0.2) is 9.18 Å². The SMILES string of the molecule is O=C(Nc1cccc(S(=O)(=O)O)c1)Nc1c(F)cccc1Cl. The highest BCUT2D eigenvalue weighted by Gasteiger charge is 2.13. The highest BCUT2D eigenvalue weighted by atomic mass is 35.5. The van der Waals surface area contributed by atoms with E-state index in [1.165, 1.54) is 24.3 Å². The number of carbonyl (C=O) groups is 1. The van der Waals surface area contributed by atoms with Crippen LogP contribution in [0, 0.1) is 5.82 Å². The Hall–Kier alpha value is -2.16. The van der Waals surface area contributed by atoms with Gasteiger partial charge in [0.15, 0.2) is 0 Å². The van der Waals surface area contributed by atoms with Crippen molar-refractivity contribution in [2.75, 3.05) is 10.6 Å². The van der Waals surface area contributed by atoms with Gasteiger partial charge in [-0.15, -0.1) is 0 Å². The molecule has 116 valence electrons. The summed E-state index contributed by atoms with van der Waals surface area (Å²) in [6.45, 7) is 0. The molecule has 2 amide bonds. The monoisotopic (exact) mass is 344 g/mol. The number of nitrogens with one attached hydrogen (secondary N) is 2. The number of para-hydroxylation sites is 1. The number of halogens is 2. The predicted octanol–water partition coefficient (Wildman–Crippen LogP) is 3.37. The second-order valence-electron chi connectivity index (χ2n) is 4.18. The zero-order chi connectivity index (χ0) is 16.3. The fraction of sp³-hybridized carbons (Fsp3) is 0. The first-order chi connectivity index (χ1) is 10.3. The Morgan fingerprint density at radius 1 is 1.14 bits per heavy atom. The molecule has 2 aromatic carbocycles. The number of benzene rings is 2. The summed E-state index contributed by atoms with van der Waals surface area (Å²) >= 11 is 5.77. The first kappa shape index (κ1) is 16.2. The zero-order valence-electron chi connectivity index (χ0n) is 10.9. The molecule has 0 aliphatic carbocycles. The maximum absolute atomic E-state index is 13.5. The van der Waals surface area contributed by atoms with Crippen molar-refractivity contribution in [1.29, 1.82) is 0 Å². The predicted molar refractivity (Wildman–Crippen MR) is 80.3 cm³/mol. The molecular weight excluding hydrogens is 335 g/mol. The Morgan fingerprint density at radius 3 is 2.45 bits per heavy atom. The Bertz CT molecular complexity index is 806. The second kappa shape index (κ2) is 6.30. The smallest absolute Gasteiger partial charge is 0.308 e. The standard InChI is InChI=1S/C13H10ClFN2O4S/c14-10-5-2-6-11(15)12(10)17-13(18)16-8-3-1-4-9(7-8)22(19,20)21/h1-7H,(H2,16,17,18)(H,19,20,21). The molecule has 0 aliphatic rings. The third kappa shape index (κ3) is 3.94. The Kier molecular flexibility index (Phi) is 4.65. The minimum absolute atomic E-state index is 0.0156. The van der Waals surface area contributed by atoms with Crippen molar-refractivity contribution in [2.45, 2.75) is 4.90 Å². The van der Waals surface area contributed by atoms with E-state index in [0.717, 1.165) is 18.2 Å². The molecule has 0 heterocycles. The lowest BCUT2D eigenvalue weighted by Crippen LogP contribution is -2.20. The molecule has 0 radical (unpaired) electrons. The average molecular weight is 345 g/mol. The highest BCUT2D eigenvalue weighted by molar-refractivity contribution is 7.85. The fourth-order valence-corrected chi connectivity index (χ4v) is 2.36. The van der Waals surface area contributed by atoms with Crippen LogP contribution >= 0.6 is 11.6 Å². The maximum atomic E-state index is 13.5. The molecule has 0 atom stereocenters. The van der Waals surface area contributed by atoms with Crippen molar-refractivity contribution in [3.8, 4) is 0 Å². The zero-order valence-corrected chi connectivity index (χ0v) is 12.5.